The molecule has 20 heavy (non-hydrogen) atoms. The number of hydrogen-bond acceptors (Lipinski definition) is 3. The Kier molecular flexibility index (Phi) is 5.43. The standard InChI is InChI=1S/C15H20BrNO3/c1-20-11-5-6-13(16)12(9-11)14(10-15(18)19)17-7-3-2-4-8-17/h5-6,9,14H,2-4,7-8,10H2,1H3,(H,18,19). The lowest BCUT2D eigenvalue weighted by molar-refractivity contribution is -0.138. The highest BCUT2D eigenvalue weighted by Crippen LogP contribution is 2.34. The number of halogens is 1. The van der Waals surface area contributed by atoms with Crippen LogP contribution < -0.4 is 4.74 Å². The molecule has 1 aromatic rings. The molecular weight excluding hydrogens is 322 g/mol. The molecule has 1 atom stereocenters. The van der Waals surface area contributed by atoms with E-state index in [1.165, 1.54) is 6.42 Å². The monoisotopic (exact) mass is 341 g/mol. The number of rotatable bonds is 5. The maximum Gasteiger partial charge on any atom is 0.305 e. The predicted molar refractivity (Wildman–Crippen MR) is 81.1 cm³/mol. The lowest BCUT2D eigenvalue weighted by atomic mass is 9.98. The Morgan fingerprint density at radius 1 is 1.40 bits per heavy atom. The van der Waals surface area contributed by atoms with Gasteiger partial charge in [0.2, 0.25) is 0 Å². The van der Waals surface area contributed by atoms with Gasteiger partial charge in [-0.15, -0.1) is 0 Å². The number of hydrogen-bond donors (Lipinski definition) is 1. The lowest BCUT2D eigenvalue weighted by Crippen LogP contribution is -2.35. The summed E-state index contributed by atoms with van der Waals surface area (Å²) in [6, 6.07) is 5.64. The fourth-order valence-corrected chi connectivity index (χ4v) is 3.25. The molecule has 1 aliphatic rings. The molecule has 1 fully saturated rings. The molecule has 1 N–H and O–H groups in total. The number of carboxylic acids is 1. The van der Waals surface area contributed by atoms with Crippen molar-refractivity contribution in [1.82, 2.24) is 4.90 Å². The number of carbonyl (C=O) groups is 1. The highest BCUT2D eigenvalue weighted by molar-refractivity contribution is 9.10. The molecule has 0 amide bonds. The van der Waals surface area contributed by atoms with Gasteiger partial charge in [-0.3, -0.25) is 9.69 Å². The number of carboxylic acid groups (broad SMARTS) is 1. The van der Waals surface area contributed by atoms with E-state index < -0.39 is 5.97 Å². The van der Waals surface area contributed by atoms with Gasteiger partial charge in [0.15, 0.2) is 0 Å². The molecule has 0 aliphatic carbocycles. The number of methoxy groups -OCH3 is 1. The van der Waals surface area contributed by atoms with Crippen molar-refractivity contribution >= 4 is 21.9 Å². The zero-order chi connectivity index (χ0) is 14.5. The molecule has 110 valence electrons. The van der Waals surface area contributed by atoms with E-state index in [-0.39, 0.29) is 12.5 Å². The van der Waals surface area contributed by atoms with Gasteiger partial charge in [-0.25, -0.2) is 0 Å². The van der Waals surface area contributed by atoms with Gasteiger partial charge in [-0.1, -0.05) is 22.4 Å². The maximum atomic E-state index is 11.2. The average molecular weight is 342 g/mol. The van der Waals surface area contributed by atoms with Crippen molar-refractivity contribution in [1.29, 1.82) is 0 Å². The Labute approximate surface area is 127 Å². The summed E-state index contributed by atoms with van der Waals surface area (Å²) in [5, 5.41) is 9.22. The van der Waals surface area contributed by atoms with Crippen LogP contribution in [0.25, 0.3) is 0 Å². The quantitative estimate of drug-likeness (QED) is 0.890. The highest BCUT2D eigenvalue weighted by Gasteiger charge is 2.26. The first-order valence-corrected chi connectivity index (χ1v) is 7.70. The van der Waals surface area contributed by atoms with Gasteiger partial charge < -0.3 is 9.84 Å². The van der Waals surface area contributed by atoms with Crippen LogP contribution >= 0.6 is 15.9 Å². The van der Waals surface area contributed by atoms with Crippen LogP contribution in [0, 0.1) is 0 Å². The molecule has 1 heterocycles. The molecule has 0 spiro atoms. The normalized spacial score (nSPS) is 17.7. The van der Waals surface area contributed by atoms with E-state index in [1.54, 1.807) is 7.11 Å². The van der Waals surface area contributed by atoms with E-state index in [0.717, 1.165) is 41.7 Å². The number of nitrogens with zero attached hydrogens (tertiary/aromatic N) is 1. The van der Waals surface area contributed by atoms with Crippen LogP contribution in [0.4, 0.5) is 0 Å². The Morgan fingerprint density at radius 2 is 2.10 bits per heavy atom. The molecule has 2 rings (SSSR count). The van der Waals surface area contributed by atoms with Crippen molar-refractivity contribution < 1.29 is 14.6 Å². The van der Waals surface area contributed by atoms with E-state index in [2.05, 4.69) is 20.8 Å². The number of likely N-dealkylation sites (tertiary alicyclic amines) is 1. The molecule has 1 unspecified atom stereocenters. The summed E-state index contributed by atoms with van der Waals surface area (Å²) in [6.45, 7) is 1.92. The molecule has 0 saturated carbocycles. The molecule has 1 aromatic carbocycles. The van der Waals surface area contributed by atoms with Crippen LogP contribution in [0.3, 0.4) is 0 Å². The summed E-state index contributed by atoms with van der Waals surface area (Å²) in [6.07, 6.45) is 3.62. The molecule has 0 radical (unpaired) electrons. The molecule has 4 nitrogen and oxygen atoms in total. The molecule has 1 aliphatic heterocycles. The lowest BCUT2D eigenvalue weighted by Gasteiger charge is -2.34. The maximum absolute atomic E-state index is 11.2. The number of ether oxygens (including phenoxy) is 1. The van der Waals surface area contributed by atoms with Crippen molar-refractivity contribution in [3.63, 3.8) is 0 Å². The molecule has 0 bridgehead atoms. The first-order valence-electron chi connectivity index (χ1n) is 6.91. The van der Waals surface area contributed by atoms with Crippen molar-refractivity contribution in [3.8, 4) is 5.75 Å². The minimum atomic E-state index is -0.768. The van der Waals surface area contributed by atoms with Crippen LogP contribution in [0.1, 0.15) is 37.3 Å². The topological polar surface area (TPSA) is 49.8 Å². The summed E-state index contributed by atoms with van der Waals surface area (Å²) >= 11 is 3.54. The van der Waals surface area contributed by atoms with Crippen molar-refractivity contribution in [3.05, 3.63) is 28.2 Å². The van der Waals surface area contributed by atoms with Crippen molar-refractivity contribution in [2.24, 2.45) is 0 Å². The van der Waals surface area contributed by atoms with Crippen LogP contribution in [0.15, 0.2) is 22.7 Å². The van der Waals surface area contributed by atoms with E-state index in [0.29, 0.717) is 0 Å². The first-order chi connectivity index (χ1) is 9.61. The van der Waals surface area contributed by atoms with Gasteiger partial charge in [-0.05, 0) is 49.7 Å². The van der Waals surface area contributed by atoms with Gasteiger partial charge >= 0.3 is 5.97 Å². The predicted octanol–water partition coefficient (Wildman–Crippen LogP) is 3.46. The Bertz CT molecular complexity index is 472. The molecule has 0 aromatic heterocycles. The third kappa shape index (κ3) is 3.73. The number of benzene rings is 1. The zero-order valence-electron chi connectivity index (χ0n) is 11.6. The SMILES string of the molecule is COc1ccc(Br)c(C(CC(=O)O)N2CCCCC2)c1. The second-order valence-electron chi connectivity index (χ2n) is 5.10. The first kappa shape index (κ1) is 15.3. The smallest absolute Gasteiger partial charge is 0.305 e. The Morgan fingerprint density at radius 3 is 2.70 bits per heavy atom. The fourth-order valence-electron chi connectivity index (χ4n) is 2.74. The Hall–Kier alpha value is -1.07. The summed E-state index contributed by atoms with van der Waals surface area (Å²) in [5.74, 6) is -0.00843. The molecule has 5 heteroatoms. The van der Waals surface area contributed by atoms with Gasteiger partial charge in [0.1, 0.15) is 5.75 Å². The number of aliphatic carboxylic acids is 1. The van der Waals surface area contributed by atoms with E-state index in [1.807, 2.05) is 18.2 Å². The fraction of sp³-hybridized carbons (Fsp3) is 0.533. The molecular formula is C15H20BrNO3. The Balaban J connectivity index is 2.31. The van der Waals surface area contributed by atoms with E-state index >= 15 is 0 Å². The molecule has 1 saturated heterocycles. The van der Waals surface area contributed by atoms with Crippen molar-refractivity contribution in [2.75, 3.05) is 20.2 Å². The van der Waals surface area contributed by atoms with E-state index in [9.17, 15) is 9.90 Å². The third-order valence-electron chi connectivity index (χ3n) is 3.76. The van der Waals surface area contributed by atoms with E-state index in [4.69, 9.17) is 4.74 Å². The summed E-state index contributed by atoms with van der Waals surface area (Å²) < 4.78 is 6.21. The minimum Gasteiger partial charge on any atom is -0.497 e. The van der Waals surface area contributed by atoms with Gasteiger partial charge in [0.05, 0.1) is 13.5 Å². The van der Waals surface area contributed by atoms with Crippen LogP contribution in [0.2, 0.25) is 0 Å². The van der Waals surface area contributed by atoms with Gasteiger partial charge in [0.25, 0.3) is 0 Å². The summed E-state index contributed by atoms with van der Waals surface area (Å²) in [4.78, 5) is 13.5. The minimum absolute atomic E-state index is 0.0997. The third-order valence-corrected chi connectivity index (χ3v) is 4.48. The largest absolute Gasteiger partial charge is 0.497 e. The van der Waals surface area contributed by atoms with Crippen LogP contribution in [0.5, 0.6) is 5.75 Å². The second-order valence-corrected chi connectivity index (χ2v) is 5.95. The zero-order valence-corrected chi connectivity index (χ0v) is 13.2. The van der Waals surface area contributed by atoms with Gasteiger partial charge in [0, 0.05) is 10.5 Å². The second kappa shape index (κ2) is 7.09. The van der Waals surface area contributed by atoms with Crippen LogP contribution in [-0.2, 0) is 4.79 Å². The van der Waals surface area contributed by atoms with Gasteiger partial charge in [-0.2, -0.15) is 0 Å². The van der Waals surface area contributed by atoms with Crippen LogP contribution in [-0.4, -0.2) is 36.2 Å². The summed E-state index contributed by atoms with van der Waals surface area (Å²) in [5.41, 5.74) is 0.994. The number of piperidine rings is 1. The average Bonchev–Trinajstić information content (AvgIpc) is 2.46. The summed E-state index contributed by atoms with van der Waals surface area (Å²) in [7, 11) is 1.63. The van der Waals surface area contributed by atoms with Crippen molar-refractivity contribution in [2.45, 2.75) is 31.7 Å². The highest BCUT2D eigenvalue weighted by atomic mass is 79.9.